The maximum atomic E-state index is 12.9. The summed E-state index contributed by atoms with van der Waals surface area (Å²) >= 11 is 2.28. The number of methoxy groups -OCH3 is 2. The van der Waals surface area contributed by atoms with Gasteiger partial charge >= 0.3 is 23.9 Å². The number of nitrogens with one attached hydrogen (secondary N) is 1. The molecule has 0 fully saturated rings. The second-order valence-electron chi connectivity index (χ2n) is 7.88. The maximum Gasteiger partial charge on any atom is 0.345 e. The van der Waals surface area contributed by atoms with Gasteiger partial charge in [-0.15, -0.1) is 0 Å². The monoisotopic (exact) mass is 559 g/mol. The molecule has 0 aliphatic carbocycles. The summed E-state index contributed by atoms with van der Waals surface area (Å²) in [6.07, 6.45) is -0.473. The molecule has 2 aromatic rings. The number of benzene rings is 2. The molecule has 12 heteroatoms. The molecule has 2 aromatic carbocycles. The van der Waals surface area contributed by atoms with Gasteiger partial charge in [0.1, 0.15) is 22.5 Å². The van der Waals surface area contributed by atoms with E-state index in [1.165, 1.54) is 26.4 Å². The summed E-state index contributed by atoms with van der Waals surface area (Å²) in [6, 6.07) is 14.2. The molecule has 200 valence electrons. The van der Waals surface area contributed by atoms with Gasteiger partial charge in [-0.25, -0.2) is 14.4 Å². The van der Waals surface area contributed by atoms with Gasteiger partial charge < -0.3 is 24.6 Å². The SMILES string of the molecule is COC(=O)C1=C(C(=O)OC)SC(c2ccc(C(=O)N[C@@H](CCC(=O)O)C(=O)OCc3ccccc3)cc2)S1. The van der Waals surface area contributed by atoms with E-state index in [2.05, 4.69) is 5.32 Å². The molecule has 0 saturated heterocycles. The number of carboxylic acid groups (broad SMARTS) is 1. The van der Waals surface area contributed by atoms with Crippen LogP contribution in [0.4, 0.5) is 0 Å². The van der Waals surface area contributed by atoms with Crippen LogP contribution in [0.2, 0.25) is 0 Å². The van der Waals surface area contributed by atoms with Crippen molar-refractivity contribution >= 4 is 53.3 Å². The van der Waals surface area contributed by atoms with Crippen molar-refractivity contribution in [2.45, 2.75) is 30.1 Å². The van der Waals surface area contributed by atoms with E-state index in [1.807, 2.05) is 6.07 Å². The molecule has 1 aliphatic heterocycles. The van der Waals surface area contributed by atoms with Crippen molar-refractivity contribution in [1.82, 2.24) is 5.32 Å². The smallest absolute Gasteiger partial charge is 0.345 e. The van der Waals surface area contributed by atoms with Crippen LogP contribution in [0.15, 0.2) is 64.4 Å². The van der Waals surface area contributed by atoms with Gasteiger partial charge in [-0.2, -0.15) is 0 Å². The largest absolute Gasteiger partial charge is 0.481 e. The first-order chi connectivity index (χ1) is 18.2. The molecule has 2 N–H and O–H groups in total. The van der Waals surface area contributed by atoms with Crippen molar-refractivity contribution in [3.8, 4) is 0 Å². The highest BCUT2D eigenvalue weighted by atomic mass is 32.2. The first-order valence-corrected chi connectivity index (χ1v) is 13.1. The number of carbonyl (C=O) groups excluding carboxylic acids is 4. The van der Waals surface area contributed by atoms with Crippen LogP contribution < -0.4 is 5.32 Å². The number of thioether (sulfide) groups is 2. The second-order valence-corrected chi connectivity index (χ2v) is 10.4. The number of rotatable bonds is 11. The molecule has 0 radical (unpaired) electrons. The van der Waals surface area contributed by atoms with Gasteiger partial charge in [0.25, 0.3) is 5.91 Å². The van der Waals surface area contributed by atoms with E-state index in [-0.39, 0.29) is 39.4 Å². The zero-order valence-electron chi connectivity index (χ0n) is 20.5. The second kappa shape index (κ2) is 13.7. The Morgan fingerprint density at radius 3 is 2.00 bits per heavy atom. The van der Waals surface area contributed by atoms with Crippen LogP contribution in [0.3, 0.4) is 0 Å². The zero-order chi connectivity index (χ0) is 27.7. The number of aliphatic carboxylic acids is 1. The Kier molecular flexibility index (Phi) is 10.4. The molecule has 1 amide bonds. The van der Waals surface area contributed by atoms with Crippen LogP contribution in [0.1, 0.15) is 38.9 Å². The summed E-state index contributed by atoms with van der Waals surface area (Å²) < 4.78 is 14.5. The molecule has 0 bridgehead atoms. The number of hydrogen-bond acceptors (Lipinski definition) is 10. The highest BCUT2D eigenvalue weighted by molar-refractivity contribution is 8.23. The number of carbonyl (C=O) groups is 5. The highest BCUT2D eigenvalue weighted by Crippen LogP contribution is 2.55. The van der Waals surface area contributed by atoms with Crippen molar-refractivity contribution in [1.29, 1.82) is 0 Å². The van der Waals surface area contributed by atoms with Gasteiger partial charge in [-0.05, 0) is 29.7 Å². The number of hydrogen-bond donors (Lipinski definition) is 2. The molecule has 0 saturated carbocycles. The van der Waals surface area contributed by atoms with Crippen LogP contribution in [-0.2, 0) is 40.0 Å². The Balaban J connectivity index is 1.67. The third kappa shape index (κ3) is 7.62. The van der Waals surface area contributed by atoms with Gasteiger partial charge in [-0.1, -0.05) is 66.0 Å². The van der Waals surface area contributed by atoms with Crippen LogP contribution in [-0.4, -0.2) is 55.2 Å². The van der Waals surface area contributed by atoms with Gasteiger partial charge in [0.2, 0.25) is 0 Å². The average Bonchev–Trinajstić information content (AvgIpc) is 3.39. The topological polar surface area (TPSA) is 145 Å². The van der Waals surface area contributed by atoms with E-state index in [0.29, 0.717) is 0 Å². The van der Waals surface area contributed by atoms with E-state index >= 15 is 0 Å². The lowest BCUT2D eigenvalue weighted by Crippen LogP contribution is -2.42. The molecule has 1 heterocycles. The van der Waals surface area contributed by atoms with Crippen LogP contribution >= 0.6 is 23.5 Å². The van der Waals surface area contributed by atoms with Crippen LogP contribution in [0.25, 0.3) is 0 Å². The summed E-state index contributed by atoms with van der Waals surface area (Å²) in [5.41, 5.74) is 1.71. The summed E-state index contributed by atoms with van der Waals surface area (Å²) in [7, 11) is 2.44. The van der Waals surface area contributed by atoms with E-state index < -0.39 is 35.8 Å². The van der Waals surface area contributed by atoms with E-state index in [9.17, 15) is 24.0 Å². The minimum Gasteiger partial charge on any atom is -0.481 e. The lowest BCUT2D eigenvalue weighted by atomic mass is 10.1. The first-order valence-electron chi connectivity index (χ1n) is 11.3. The minimum absolute atomic E-state index is 0.0142. The van der Waals surface area contributed by atoms with Crippen LogP contribution in [0, 0.1) is 0 Å². The van der Waals surface area contributed by atoms with E-state index in [1.54, 1.807) is 36.4 Å². The molecule has 1 aliphatic rings. The Hall–Kier alpha value is -3.77. The van der Waals surface area contributed by atoms with Gasteiger partial charge in [0.15, 0.2) is 0 Å². The first kappa shape index (κ1) is 28.8. The summed E-state index contributed by atoms with van der Waals surface area (Å²) in [6.45, 7) is -0.0142. The fraction of sp³-hybridized carbons (Fsp3) is 0.269. The van der Waals surface area contributed by atoms with Crippen molar-refractivity contribution in [3.63, 3.8) is 0 Å². The number of ether oxygens (including phenoxy) is 3. The Bertz CT molecular complexity index is 1200. The molecule has 0 spiro atoms. The molecule has 1 atom stereocenters. The predicted octanol–water partition coefficient (Wildman–Crippen LogP) is 3.43. The highest BCUT2D eigenvalue weighted by Gasteiger charge is 2.36. The Labute approximate surface area is 227 Å². The molecular weight excluding hydrogens is 534 g/mol. The molecule has 3 rings (SSSR count). The summed E-state index contributed by atoms with van der Waals surface area (Å²) in [5, 5.41) is 11.6. The molecule has 0 aromatic heterocycles. The third-order valence-electron chi connectivity index (χ3n) is 5.30. The Morgan fingerprint density at radius 1 is 0.895 bits per heavy atom. The fourth-order valence-corrected chi connectivity index (χ4v) is 6.14. The van der Waals surface area contributed by atoms with Gasteiger partial charge in [0, 0.05) is 12.0 Å². The van der Waals surface area contributed by atoms with Crippen molar-refractivity contribution in [3.05, 3.63) is 81.1 Å². The van der Waals surface area contributed by atoms with Crippen LogP contribution in [0.5, 0.6) is 0 Å². The van der Waals surface area contributed by atoms with Gasteiger partial charge in [0.05, 0.1) is 18.8 Å². The lowest BCUT2D eigenvalue weighted by Gasteiger charge is -2.17. The van der Waals surface area contributed by atoms with E-state index in [4.69, 9.17) is 19.3 Å². The van der Waals surface area contributed by atoms with E-state index in [0.717, 1.165) is 34.7 Å². The van der Waals surface area contributed by atoms with Gasteiger partial charge in [-0.3, -0.25) is 9.59 Å². The number of carboxylic acids is 1. The quantitative estimate of drug-likeness (QED) is 0.308. The van der Waals surface area contributed by atoms with Crippen molar-refractivity contribution in [2.24, 2.45) is 0 Å². The number of amides is 1. The minimum atomic E-state index is -1.16. The average molecular weight is 560 g/mol. The third-order valence-corrected chi connectivity index (χ3v) is 8.20. The van der Waals surface area contributed by atoms with Crippen molar-refractivity contribution in [2.75, 3.05) is 14.2 Å². The molecule has 10 nitrogen and oxygen atoms in total. The molecular formula is C26H25NO9S2. The molecule has 38 heavy (non-hydrogen) atoms. The maximum absolute atomic E-state index is 12.9. The standard InChI is InChI=1S/C26H25NO9S2/c1-34-24(32)20-21(25(33)35-2)38-26(37-20)17-10-8-16(9-11-17)22(30)27-18(12-13-19(28)29)23(31)36-14-15-6-4-3-5-7-15/h3-11,18,26H,12-14H2,1-2H3,(H,27,30)(H,28,29)/t18-/m0/s1. The summed E-state index contributed by atoms with van der Waals surface area (Å²) in [5.74, 6) is -3.72. The fourth-order valence-electron chi connectivity index (χ4n) is 3.33. The van der Waals surface area contributed by atoms with Crippen molar-refractivity contribution < 1.29 is 43.3 Å². The number of esters is 3. The summed E-state index contributed by atoms with van der Waals surface area (Å²) in [4.78, 5) is 61.0. The lowest BCUT2D eigenvalue weighted by molar-refractivity contribution is -0.148. The zero-order valence-corrected chi connectivity index (χ0v) is 22.1. The molecule has 0 unspecified atom stereocenters. The Morgan fingerprint density at radius 2 is 1.47 bits per heavy atom. The normalized spacial score (nSPS) is 13.9. The predicted molar refractivity (Wildman–Crippen MR) is 140 cm³/mol.